The van der Waals surface area contributed by atoms with E-state index in [0.29, 0.717) is 23.9 Å². The van der Waals surface area contributed by atoms with Crippen LogP contribution in [-0.4, -0.2) is 32.0 Å². The molecule has 116 valence electrons. The van der Waals surface area contributed by atoms with Gasteiger partial charge < -0.3 is 16.0 Å². The fourth-order valence-electron chi connectivity index (χ4n) is 1.71. The lowest BCUT2D eigenvalue weighted by molar-refractivity contribution is -0.116. The number of nitrogens with one attached hydrogen (secondary N) is 3. The summed E-state index contributed by atoms with van der Waals surface area (Å²) in [5.74, 6) is 0.655. The molecule has 0 spiro atoms. The Balaban J connectivity index is 2.39. The molecule has 0 saturated heterocycles. The molecule has 0 fully saturated rings. The van der Waals surface area contributed by atoms with Crippen molar-refractivity contribution in [2.45, 2.75) is 26.7 Å². The van der Waals surface area contributed by atoms with Gasteiger partial charge in [-0.15, -0.1) is 0 Å². The van der Waals surface area contributed by atoms with Crippen molar-refractivity contribution in [3.63, 3.8) is 0 Å². The molecular weight excluding hydrogens is 288 g/mol. The number of nitrogens with zero attached hydrogens (tertiary/aromatic N) is 1. The Kier molecular flexibility index (Phi) is 7.61. The number of aliphatic imine (C=N–C) groups is 1. The van der Waals surface area contributed by atoms with E-state index in [1.807, 2.05) is 19.1 Å². The Morgan fingerprint density at radius 2 is 2.00 bits per heavy atom. The lowest BCUT2D eigenvalue weighted by Crippen LogP contribution is -2.38. The van der Waals surface area contributed by atoms with Crippen molar-refractivity contribution in [2.24, 2.45) is 4.99 Å². The van der Waals surface area contributed by atoms with Gasteiger partial charge in [-0.05, 0) is 31.0 Å². The summed E-state index contributed by atoms with van der Waals surface area (Å²) in [4.78, 5) is 16.0. The summed E-state index contributed by atoms with van der Waals surface area (Å²) in [5.41, 5.74) is 1.63. The maximum atomic E-state index is 11.9. The van der Waals surface area contributed by atoms with Gasteiger partial charge in [-0.3, -0.25) is 9.79 Å². The molecule has 1 rings (SSSR count). The second kappa shape index (κ2) is 9.23. The van der Waals surface area contributed by atoms with Crippen LogP contribution < -0.4 is 16.0 Å². The number of carbonyl (C=O) groups is 1. The van der Waals surface area contributed by atoms with Crippen LogP contribution in [0.15, 0.2) is 23.2 Å². The average molecular weight is 311 g/mol. The van der Waals surface area contributed by atoms with Gasteiger partial charge in [-0.25, -0.2) is 0 Å². The summed E-state index contributed by atoms with van der Waals surface area (Å²) in [6, 6.07) is 5.46. The zero-order chi connectivity index (χ0) is 15.7. The van der Waals surface area contributed by atoms with Gasteiger partial charge in [0.1, 0.15) is 0 Å². The molecule has 1 aromatic rings. The Morgan fingerprint density at radius 3 is 2.67 bits per heavy atom. The van der Waals surface area contributed by atoms with Crippen LogP contribution in [0.1, 0.15) is 25.3 Å². The zero-order valence-corrected chi connectivity index (χ0v) is 13.5. The molecule has 0 radical (unpaired) electrons. The van der Waals surface area contributed by atoms with Crippen molar-refractivity contribution in [1.82, 2.24) is 10.6 Å². The molecule has 6 heteroatoms. The Bertz CT molecular complexity index is 502. The van der Waals surface area contributed by atoms with Gasteiger partial charge in [-0.1, -0.05) is 24.6 Å². The fraction of sp³-hybridized carbons (Fsp3) is 0.467. The molecule has 0 heterocycles. The quantitative estimate of drug-likeness (QED) is 0.559. The summed E-state index contributed by atoms with van der Waals surface area (Å²) >= 11 is 6.02. The maximum absolute atomic E-state index is 11.9. The highest BCUT2D eigenvalue weighted by atomic mass is 35.5. The molecule has 0 atom stereocenters. The third-order valence-electron chi connectivity index (χ3n) is 2.95. The highest BCUT2D eigenvalue weighted by Gasteiger charge is 2.07. The van der Waals surface area contributed by atoms with E-state index in [2.05, 4.69) is 27.9 Å². The lowest BCUT2D eigenvalue weighted by atomic mass is 10.2. The van der Waals surface area contributed by atoms with Crippen molar-refractivity contribution < 1.29 is 4.79 Å². The number of rotatable bonds is 6. The van der Waals surface area contributed by atoms with Crippen LogP contribution >= 0.6 is 11.6 Å². The van der Waals surface area contributed by atoms with E-state index in [4.69, 9.17) is 11.6 Å². The molecule has 0 aliphatic carbocycles. The molecule has 0 aliphatic rings. The fourth-order valence-corrected chi connectivity index (χ4v) is 1.89. The molecule has 0 bridgehead atoms. The van der Waals surface area contributed by atoms with Gasteiger partial charge in [0.2, 0.25) is 5.91 Å². The number of guanidine groups is 1. The van der Waals surface area contributed by atoms with Crippen molar-refractivity contribution in [2.75, 3.05) is 25.5 Å². The number of benzene rings is 1. The first-order valence-corrected chi connectivity index (χ1v) is 7.45. The van der Waals surface area contributed by atoms with Crippen LogP contribution in [0.3, 0.4) is 0 Å². The minimum Gasteiger partial charge on any atom is -0.356 e. The van der Waals surface area contributed by atoms with Crippen molar-refractivity contribution in [3.8, 4) is 0 Å². The summed E-state index contributed by atoms with van der Waals surface area (Å²) in [6.45, 7) is 5.34. The van der Waals surface area contributed by atoms with Gasteiger partial charge in [0.25, 0.3) is 0 Å². The molecule has 5 nitrogen and oxygen atoms in total. The monoisotopic (exact) mass is 310 g/mol. The van der Waals surface area contributed by atoms with E-state index < -0.39 is 0 Å². The number of anilines is 1. The van der Waals surface area contributed by atoms with E-state index >= 15 is 0 Å². The van der Waals surface area contributed by atoms with Crippen molar-refractivity contribution >= 4 is 29.2 Å². The van der Waals surface area contributed by atoms with E-state index in [1.165, 1.54) is 0 Å². The summed E-state index contributed by atoms with van der Waals surface area (Å²) in [7, 11) is 1.71. The molecule has 1 aromatic carbocycles. The summed E-state index contributed by atoms with van der Waals surface area (Å²) < 4.78 is 0. The van der Waals surface area contributed by atoms with E-state index in [-0.39, 0.29) is 5.91 Å². The summed E-state index contributed by atoms with van der Waals surface area (Å²) in [6.07, 6.45) is 1.38. The van der Waals surface area contributed by atoms with Crippen LogP contribution in [0.25, 0.3) is 0 Å². The predicted molar refractivity (Wildman–Crippen MR) is 89.1 cm³/mol. The molecule has 0 aliphatic heterocycles. The maximum Gasteiger partial charge on any atom is 0.226 e. The average Bonchev–Trinajstić information content (AvgIpc) is 2.47. The third kappa shape index (κ3) is 6.04. The Hall–Kier alpha value is -1.75. The van der Waals surface area contributed by atoms with Crippen LogP contribution in [0.5, 0.6) is 0 Å². The van der Waals surface area contributed by atoms with Gasteiger partial charge in [0.05, 0.1) is 0 Å². The number of hydrogen-bond acceptors (Lipinski definition) is 2. The van der Waals surface area contributed by atoms with Gasteiger partial charge in [0.15, 0.2) is 5.96 Å². The molecule has 0 aromatic heterocycles. The van der Waals surface area contributed by atoms with E-state index in [1.54, 1.807) is 13.1 Å². The second-order valence-electron chi connectivity index (χ2n) is 4.64. The molecule has 3 N–H and O–H groups in total. The molecule has 21 heavy (non-hydrogen) atoms. The minimum absolute atomic E-state index is 0.0567. The largest absolute Gasteiger partial charge is 0.356 e. The number of amides is 1. The Labute approximate surface area is 131 Å². The number of hydrogen-bond donors (Lipinski definition) is 3. The first kappa shape index (κ1) is 17.3. The summed E-state index contributed by atoms with van der Waals surface area (Å²) in [5, 5.41) is 9.76. The minimum atomic E-state index is -0.0567. The predicted octanol–water partition coefficient (Wildman–Crippen LogP) is 2.55. The zero-order valence-electron chi connectivity index (χ0n) is 12.8. The van der Waals surface area contributed by atoms with Gasteiger partial charge in [0, 0.05) is 37.3 Å². The van der Waals surface area contributed by atoms with Crippen LogP contribution in [-0.2, 0) is 4.79 Å². The van der Waals surface area contributed by atoms with Crippen molar-refractivity contribution in [1.29, 1.82) is 0 Å². The normalized spacial score (nSPS) is 11.1. The SMILES string of the molecule is CCCNC(=NC)NCCC(=O)Nc1cccc(Cl)c1C. The Morgan fingerprint density at radius 1 is 1.29 bits per heavy atom. The van der Waals surface area contributed by atoms with Crippen LogP contribution in [0.2, 0.25) is 5.02 Å². The van der Waals surface area contributed by atoms with E-state index in [0.717, 1.165) is 24.2 Å². The molecular formula is C15H23ClN4O. The first-order valence-electron chi connectivity index (χ1n) is 7.08. The van der Waals surface area contributed by atoms with Crippen molar-refractivity contribution in [3.05, 3.63) is 28.8 Å². The second-order valence-corrected chi connectivity index (χ2v) is 5.04. The van der Waals surface area contributed by atoms with E-state index in [9.17, 15) is 4.79 Å². The molecule has 0 unspecified atom stereocenters. The third-order valence-corrected chi connectivity index (χ3v) is 3.36. The van der Waals surface area contributed by atoms with Crippen LogP contribution in [0.4, 0.5) is 5.69 Å². The standard InChI is InChI=1S/C15H23ClN4O/c1-4-9-18-15(17-3)19-10-8-14(21)20-13-7-5-6-12(16)11(13)2/h5-7H,4,8-10H2,1-3H3,(H,20,21)(H2,17,18,19). The molecule has 1 amide bonds. The number of carbonyl (C=O) groups excluding carboxylic acids is 1. The topological polar surface area (TPSA) is 65.5 Å². The van der Waals surface area contributed by atoms with Crippen LogP contribution in [0, 0.1) is 6.92 Å². The lowest BCUT2D eigenvalue weighted by Gasteiger charge is -2.12. The highest BCUT2D eigenvalue weighted by molar-refractivity contribution is 6.31. The van der Waals surface area contributed by atoms with Gasteiger partial charge >= 0.3 is 0 Å². The first-order chi connectivity index (χ1) is 10.1. The van der Waals surface area contributed by atoms with Gasteiger partial charge in [-0.2, -0.15) is 0 Å². The number of halogens is 1. The molecule has 0 saturated carbocycles. The smallest absolute Gasteiger partial charge is 0.226 e. The highest BCUT2D eigenvalue weighted by Crippen LogP contribution is 2.22.